The minimum absolute atomic E-state index is 0.0303. The molecule has 0 radical (unpaired) electrons. The fourth-order valence-corrected chi connectivity index (χ4v) is 8.65. The van der Waals surface area contributed by atoms with E-state index >= 15 is 0 Å². The summed E-state index contributed by atoms with van der Waals surface area (Å²) in [5, 5.41) is 26.4. The second kappa shape index (κ2) is 19.7. The third-order valence-electron chi connectivity index (χ3n) is 7.98. The van der Waals surface area contributed by atoms with Crippen LogP contribution >= 0.6 is 35.2 Å². The topological polar surface area (TPSA) is 364 Å². The smallest absolute Gasteiger partial charge is 0.386 e. The molecule has 2 unspecified atom stereocenters. The number of hydrogen-bond acceptors (Lipinski definition) is 18. The first-order valence-electron chi connectivity index (χ1n) is 16.6. The number of carbonyl (C=O) groups excluding carboxylic acids is 3. The molecule has 2 aromatic heterocycles. The summed E-state index contributed by atoms with van der Waals surface area (Å²) in [6, 6.07) is 8.75. The van der Waals surface area contributed by atoms with Gasteiger partial charge in [0.05, 0.1) is 25.3 Å². The van der Waals surface area contributed by atoms with Crippen molar-refractivity contribution in [1.29, 1.82) is 0 Å². The summed E-state index contributed by atoms with van der Waals surface area (Å²) in [6.07, 6.45) is -6.90. The molecule has 28 heteroatoms. The summed E-state index contributed by atoms with van der Waals surface area (Å²) in [4.78, 5) is 87.8. The van der Waals surface area contributed by atoms with E-state index in [4.69, 9.17) is 19.5 Å². The molecular weight excluding hydrogens is 843 g/mol. The number of aromatic nitrogens is 4. The van der Waals surface area contributed by atoms with Crippen molar-refractivity contribution in [3.63, 3.8) is 0 Å². The van der Waals surface area contributed by atoms with E-state index in [1.54, 1.807) is 30.3 Å². The lowest BCUT2D eigenvalue weighted by Gasteiger charge is -2.30. The molecule has 57 heavy (non-hydrogen) atoms. The summed E-state index contributed by atoms with van der Waals surface area (Å²) in [6.45, 7) is 0.571. The number of nitrogens with two attached hydrogens (primary N) is 1. The summed E-state index contributed by atoms with van der Waals surface area (Å²) >= 11 is 1.34. The molecule has 0 aliphatic carbocycles. The second-order valence-corrected chi connectivity index (χ2v) is 18.3. The number of benzene rings is 1. The molecule has 316 valence electrons. The zero-order valence-electron chi connectivity index (χ0n) is 30.2. The number of nitrogens with zero attached hydrogens (tertiary/aromatic N) is 4. The maximum absolute atomic E-state index is 12.7. The van der Waals surface area contributed by atoms with Crippen molar-refractivity contribution >= 4 is 69.8 Å². The van der Waals surface area contributed by atoms with Crippen LogP contribution in [0.4, 0.5) is 5.82 Å². The Morgan fingerprint density at radius 1 is 1.02 bits per heavy atom. The number of ether oxygens (including phenoxy) is 1. The van der Waals surface area contributed by atoms with E-state index in [0.29, 0.717) is 11.3 Å². The average Bonchev–Trinajstić information content (AvgIpc) is 3.69. The molecule has 4 rings (SSSR count). The number of anilines is 1. The average molecular weight is 886 g/mol. The van der Waals surface area contributed by atoms with Crippen LogP contribution in [-0.2, 0) is 45.9 Å². The summed E-state index contributed by atoms with van der Waals surface area (Å²) in [7, 11) is -16.4. The molecule has 1 fully saturated rings. The number of nitrogens with one attached hydrogen (secondary N) is 2. The number of nitrogen functional groups attached to an aromatic ring is 1. The van der Waals surface area contributed by atoms with Crippen molar-refractivity contribution < 1.29 is 80.5 Å². The van der Waals surface area contributed by atoms with Crippen LogP contribution in [0.25, 0.3) is 11.2 Å². The van der Waals surface area contributed by atoms with E-state index in [1.807, 2.05) is 0 Å². The molecule has 0 spiro atoms. The van der Waals surface area contributed by atoms with Gasteiger partial charge in [-0.1, -0.05) is 44.2 Å². The largest absolute Gasteiger partial charge is 0.481 e. The van der Waals surface area contributed by atoms with Crippen LogP contribution < -0.4 is 16.4 Å². The first kappa shape index (κ1) is 46.5. The third-order valence-corrected chi connectivity index (χ3v) is 12.0. The van der Waals surface area contributed by atoms with Gasteiger partial charge >= 0.3 is 23.5 Å². The van der Waals surface area contributed by atoms with Crippen molar-refractivity contribution in [2.45, 2.75) is 50.9 Å². The van der Waals surface area contributed by atoms with Crippen molar-refractivity contribution in [3.05, 3.63) is 48.5 Å². The summed E-state index contributed by atoms with van der Waals surface area (Å²) in [5.74, 6) is -0.769. The molecule has 1 aromatic carbocycles. The fourth-order valence-electron chi connectivity index (χ4n) is 5.07. The molecule has 2 amide bonds. The van der Waals surface area contributed by atoms with Crippen molar-refractivity contribution in [2.75, 3.05) is 43.5 Å². The van der Waals surface area contributed by atoms with Gasteiger partial charge in [0.25, 0.3) is 0 Å². The number of rotatable bonds is 22. The highest BCUT2D eigenvalue weighted by Crippen LogP contribution is 2.61. The van der Waals surface area contributed by atoms with Crippen LogP contribution in [-0.4, -0.2) is 129 Å². The standard InChI is InChI=1S/C29H42N7O17P3S/c1-29(2,24(40)27(41)32-9-8-20(38)31-10-11-57-13-18(37)17-6-4-3-5-7-17)14-50-56(47,48)53-55(45,46)49-12-19-23(52-54(42,43)44)22(39)28(51-19)36-16-35-21-25(30)33-15-34-26(21)36/h3-7,15-16,19,22-24,28,39-40H,8-14H2,1-2H3,(H,31,38)(H,32,41)(H,45,46)(H,47,48)(H2,30,33,34)(H2,42,43,44)/t19-,22-,23-,24+,28-/m1/s1. The van der Waals surface area contributed by atoms with Crippen molar-refractivity contribution in [2.24, 2.45) is 5.41 Å². The molecule has 3 aromatic rings. The van der Waals surface area contributed by atoms with Gasteiger partial charge in [0.1, 0.15) is 36.3 Å². The Labute approximate surface area is 328 Å². The number of phosphoric acid groups is 3. The van der Waals surface area contributed by atoms with Crippen LogP contribution in [0.1, 0.15) is 36.9 Å². The van der Waals surface area contributed by atoms with Gasteiger partial charge in [-0.3, -0.25) is 32.5 Å². The second-order valence-electron chi connectivity index (χ2n) is 12.9. The maximum atomic E-state index is 12.7. The van der Waals surface area contributed by atoms with E-state index in [2.05, 4.69) is 34.4 Å². The van der Waals surface area contributed by atoms with Crippen LogP contribution in [0.3, 0.4) is 0 Å². The SMILES string of the molecule is CC(C)(COP(=O)(O)OP(=O)(O)OC[C@H]1O[C@@H](n2cnc3c(N)ncnc32)[C@H](O)[C@@H]1OP(=O)(O)O)[C@@H](O)C(=O)NCCC(=O)NCCSCC(=O)c1ccccc1. The molecule has 1 aliphatic rings. The number of imidazole rings is 1. The number of Topliss-reactive ketones (excluding diaryl/α,β-unsaturated/α-hetero) is 1. The molecule has 3 heterocycles. The van der Waals surface area contributed by atoms with E-state index in [1.165, 1.54) is 25.6 Å². The number of aliphatic hydroxyl groups is 2. The predicted molar refractivity (Wildman–Crippen MR) is 198 cm³/mol. The number of amides is 2. The highest BCUT2D eigenvalue weighted by molar-refractivity contribution is 8.00. The number of fused-ring (bicyclic) bond motifs is 1. The number of carbonyl (C=O) groups is 3. The van der Waals surface area contributed by atoms with Crippen LogP contribution in [0.15, 0.2) is 43.0 Å². The minimum Gasteiger partial charge on any atom is -0.386 e. The van der Waals surface area contributed by atoms with Gasteiger partial charge in [0.2, 0.25) is 11.8 Å². The number of hydrogen-bond donors (Lipinski definition) is 9. The van der Waals surface area contributed by atoms with Gasteiger partial charge in [0, 0.05) is 36.2 Å². The molecule has 0 saturated carbocycles. The lowest BCUT2D eigenvalue weighted by atomic mass is 9.87. The number of thioether (sulfide) groups is 1. The van der Waals surface area contributed by atoms with E-state index in [9.17, 15) is 57.9 Å². The first-order valence-corrected chi connectivity index (χ1v) is 22.3. The number of ketones is 1. The highest BCUT2D eigenvalue weighted by Gasteiger charge is 2.50. The molecule has 1 aliphatic heterocycles. The van der Waals surface area contributed by atoms with Gasteiger partial charge < -0.3 is 50.9 Å². The molecular formula is C29H42N7O17P3S. The Hall–Kier alpha value is -3.22. The van der Waals surface area contributed by atoms with Gasteiger partial charge in [0.15, 0.2) is 23.5 Å². The van der Waals surface area contributed by atoms with Gasteiger partial charge in [-0.2, -0.15) is 16.1 Å². The van der Waals surface area contributed by atoms with E-state index < -0.39 is 84.6 Å². The lowest BCUT2D eigenvalue weighted by molar-refractivity contribution is -0.137. The normalized spacial score (nSPS) is 21.4. The Kier molecular flexibility index (Phi) is 16.1. The van der Waals surface area contributed by atoms with E-state index in [-0.39, 0.29) is 48.0 Å². The van der Waals surface area contributed by atoms with Gasteiger partial charge in [-0.05, 0) is 0 Å². The third kappa shape index (κ3) is 13.7. The zero-order chi connectivity index (χ0) is 42.2. The van der Waals surface area contributed by atoms with Crippen molar-refractivity contribution in [3.8, 4) is 0 Å². The summed E-state index contributed by atoms with van der Waals surface area (Å²) < 4.78 is 62.1. The van der Waals surface area contributed by atoms with Crippen LogP contribution in [0.5, 0.6) is 0 Å². The summed E-state index contributed by atoms with van der Waals surface area (Å²) in [5.41, 5.74) is 4.85. The van der Waals surface area contributed by atoms with Gasteiger partial charge in [-0.15, -0.1) is 0 Å². The Morgan fingerprint density at radius 2 is 1.70 bits per heavy atom. The van der Waals surface area contributed by atoms with Gasteiger partial charge in [-0.25, -0.2) is 28.6 Å². The molecule has 10 N–H and O–H groups in total. The Bertz CT molecular complexity index is 2020. The first-order chi connectivity index (χ1) is 26.6. The fraction of sp³-hybridized carbons (Fsp3) is 0.517. The Morgan fingerprint density at radius 3 is 2.39 bits per heavy atom. The predicted octanol–water partition coefficient (Wildman–Crippen LogP) is 0.0210. The Balaban J connectivity index is 1.21. The number of aliphatic hydroxyl groups excluding tert-OH is 2. The molecule has 7 atom stereocenters. The number of phosphoric ester groups is 3. The van der Waals surface area contributed by atoms with Crippen LogP contribution in [0.2, 0.25) is 0 Å². The minimum atomic E-state index is -5.57. The molecule has 1 saturated heterocycles. The quantitative estimate of drug-likeness (QED) is 0.0365. The zero-order valence-corrected chi connectivity index (χ0v) is 33.7. The van der Waals surface area contributed by atoms with Crippen LogP contribution in [0, 0.1) is 5.41 Å². The monoisotopic (exact) mass is 885 g/mol. The maximum Gasteiger partial charge on any atom is 0.481 e. The van der Waals surface area contributed by atoms with Crippen molar-refractivity contribution in [1.82, 2.24) is 30.2 Å². The molecule has 24 nitrogen and oxygen atoms in total. The molecule has 0 bridgehead atoms. The lowest BCUT2D eigenvalue weighted by Crippen LogP contribution is -2.46. The van der Waals surface area contributed by atoms with E-state index in [0.717, 1.165) is 17.2 Å². The highest BCUT2D eigenvalue weighted by atomic mass is 32.2.